The molecule has 36 heavy (non-hydrogen) atoms. The number of hydrogen-bond donors (Lipinski definition) is 1. The van der Waals surface area contributed by atoms with Crippen molar-refractivity contribution < 1.29 is 79.4 Å². The summed E-state index contributed by atoms with van der Waals surface area (Å²) >= 11 is 0. The van der Waals surface area contributed by atoms with Gasteiger partial charge in [0.1, 0.15) is 0 Å². The average molecular weight is 567 g/mol. The second kappa shape index (κ2) is 8.81. The molecule has 208 valence electrons. The first-order chi connectivity index (χ1) is 15.7. The zero-order valence-electron chi connectivity index (χ0n) is 16.9. The Bertz CT molecular complexity index is 966. The van der Waals surface area contributed by atoms with Gasteiger partial charge >= 0.3 is 53.5 Å². The van der Waals surface area contributed by atoms with Crippen molar-refractivity contribution >= 4 is 11.6 Å². The summed E-state index contributed by atoms with van der Waals surface area (Å²) in [5.41, 5.74) is -0.958. The number of carbonyl (C=O) groups is 1. The van der Waals surface area contributed by atoms with Crippen LogP contribution in [0.15, 0.2) is 24.3 Å². The molecule has 1 aromatic rings. The highest BCUT2D eigenvalue weighted by atomic mass is 19.4. The normalized spacial score (nSPS) is 15.2. The molecule has 1 amide bonds. The Morgan fingerprint density at radius 1 is 0.611 bits per heavy atom. The minimum atomic E-state index is -8.74. The van der Waals surface area contributed by atoms with Gasteiger partial charge in [-0.05, 0) is 18.1 Å². The maximum atomic E-state index is 13.9. The number of aryl methyl sites for hydroxylation is 1. The summed E-state index contributed by atoms with van der Waals surface area (Å²) in [4.78, 5) is 11.5. The summed E-state index contributed by atoms with van der Waals surface area (Å²) in [6.07, 6.45) is -7.98. The molecule has 0 fully saturated rings. The van der Waals surface area contributed by atoms with Crippen LogP contribution >= 0.6 is 0 Å². The molecule has 0 atom stereocenters. The highest BCUT2D eigenvalue weighted by Crippen LogP contribution is 2.64. The second-order valence-electron chi connectivity index (χ2n) is 6.98. The average Bonchev–Trinajstić information content (AvgIpc) is 2.72. The number of hydrogen-bond acceptors (Lipinski definition) is 1. The maximum Gasteiger partial charge on any atom is 0.460 e. The smallest absolute Gasteiger partial charge is 0.320 e. The fourth-order valence-electron chi connectivity index (χ4n) is 2.46. The van der Waals surface area contributed by atoms with Crippen LogP contribution in [0.4, 0.5) is 80.3 Å². The molecule has 0 radical (unpaired) electrons. The van der Waals surface area contributed by atoms with E-state index < -0.39 is 59.2 Å². The SMILES string of the molecule is CCc1ccccc1NC(=O)C(F)(F)C(F)(F)C(F)(F)C(F)(F)C(F)(F)C(F)(F)C(F)(F)C(F)(F)F. The molecule has 0 bridgehead atoms. The minimum Gasteiger partial charge on any atom is -0.320 e. The summed E-state index contributed by atoms with van der Waals surface area (Å²) in [7, 11) is 0. The quantitative estimate of drug-likeness (QED) is 0.315. The molecule has 0 saturated heterocycles. The van der Waals surface area contributed by atoms with Gasteiger partial charge in [-0.15, -0.1) is 0 Å². The first-order valence-corrected chi connectivity index (χ1v) is 8.80. The van der Waals surface area contributed by atoms with Gasteiger partial charge in [-0.1, -0.05) is 25.1 Å². The van der Waals surface area contributed by atoms with E-state index in [1.165, 1.54) is 13.0 Å². The van der Waals surface area contributed by atoms with E-state index in [2.05, 4.69) is 0 Å². The molecule has 0 saturated carbocycles. The number of rotatable bonds is 9. The van der Waals surface area contributed by atoms with Crippen molar-refractivity contribution in [3.8, 4) is 0 Å². The summed E-state index contributed by atoms with van der Waals surface area (Å²) in [5, 5.41) is 0.893. The molecule has 1 rings (SSSR count). The first-order valence-electron chi connectivity index (χ1n) is 8.80. The van der Waals surface area contributed by atoms with Gasteiger partial charge in [-0.2, -0.15) is 74.6 Å². The summed E-state index contributed by atoms with van der Waals surface area (Å²) in [6.45, 7) is 1.28. The molecule has 0 aromatic heterocycles. The standard InChI is InChI=1S/C17H10F17NO/c1-2-7-5-3-4-6-8(7)35-9(36)10(18,19)11(20,21)12(22,23)13(24,25)14(26,27)15(28,29)16(30,31)17(32,33)34/h3-6H,2H2,1H3,(H,35,36). The van der Waals surface area contributed by atoms with Gasteiger partial charge in [0.05, 0.1) is 0 Å². The Hall–Kier alpha value is -2.50. The van der Waals surface area contributed by atoms with Crippen molar-refractivity contribution in [3.05, 3.63) is 29.8 Å². The molecule has 0 spiro atoms. The van der Waals surface area contributed by atoms with E-state index in [4.69, 9.17) is 0 Å². The third kappa shape index (κ3) is 4.20. The van der Waals surface area contributed by atoms with Crippen LogP contribution in [0.3, 0.4) is 0 Å². The molecular weight excluding hydrogens is 557 g/mol. The fourth-order valence-corrected chi connectivity index (χ4v) is 2.46. The molecular formula is C17H10F17NO. The Morgan fingerprint density at radius 3 is 1.36 bits per heavy atom. The Labute approximate surface area is 188 Å². The van der Waals surface area contributed by atoms with Gasteiger partial charge in [0.2, 0.25) is 0 Å². The lowest BCUT2D eigenvalue weighted by molar-refractivity contribution is -0.459. The number of amides is 1. The third-order valence-electron chi connectivity index (χ3n) is 4.65. The van der Waals surface area contributed by atoms with Crippen molar-refractivity contribution in [1.82, 2.24) is 0 Å². The van der Waals surface area contributed by atoms with Crippen molar-refractivity contribution in [2.75, 3.05) is 5.32 Å². The predicted molar refractivity (Wildman–Crippen MR) is 85.1 cm³/mol. The van der Waals surface area contributed by atoms with E-state index in [1.807, 2.05) is 0 Å². The van der Waals surface area contributed by atoms with Crippen molar-refractivity contribution in [3.63, 3.8) is 0 Å². The first kappa shape index (κ1) is 31.5. The van der Waals surface area contributed by atoms with E-state index in [-0.39, 0.29) is 12.0 Å². The van der Waals surface area contributed by atoms with Crippen LogP contribution in [-0.4, -0.2) is 53.5 Å². The van der Waals surface area contributed by atoms with E-state index in [0.29, 0.717) is 6.07 Å². The van der Waals surface area contributed by atoms with Gasteiger partial charge in [0.15, 0.2) is 0 Å². The molecule has 19 heteroatoms. The number of benzene rings is 1. The summed E-state index contributed by atoms with van der Waals surface area (Å²) in [6, 6.07) is 3.90. The topological polar surface area (TPSA) is 29.1 Å². The van der Waals surface area contributed by atoms with Gasteiger partial charge in [0.25, 0.3) is 0 Å². The number of alkyl halides is 17. The van der Waals surface area contributed by atoms with Crippen LogP contribution in [0.25, 0.3) is 0 Å². The lowest BCUT2D eigenvalue weighted by Gasteiger charge is -2.42. The highest BCUT2D eigenvalue weighted by molar-refractivity contribution is 5.97. The van der Waals surface area contributed by atoms with Crippen LogP contribution in [0.5, 0.6) is 0 Å². The van der Waals surface area contributed by atoms with Crippen LogP contribution in [-0.2, 0) is 11.2 Å². The van der Waals surface area contributed by atoms with E-state index in [0.717, 1.165) is 17.4 Å². The van der Waals surface area contributed by atoms with E-state index >= 15 is 0 Å². The number of para-hydroxylation sites is 1. The number of carbonyl (C=O) groups excluding carboxylic acids is 1. The lowest BCUT2D eigenvalue weighted by atomic mass is 9.88. The summed E-state index contributed by atoms with van der Waals surface area (Å²) < 4.78 is 225. The summed E-state index contributed by atoms with van der Waals surface area (Å²) in [5.74, 6) is -61.6. The number of halogens is 17. The minimum absolute atomic E-state index is 0.150. The van der Waals surface area contributed by atoms with Crippen molar-refractivity contribution in [2.45, 2.75) is 61.0 Å². The van der Waals surface area contributed by atoms with Gasteiger partial charge < -0.3 is 5.32 Å². The van der Waals surface area contributed by atoms with Gasteiger partial charge in [-0.3, -0.25) is 4.79 Å². The van der Waals surface area contributed by atoms with Crippen LogP contribution < -0.4 is 5.32 Å². The monoisotopic (exact) mass is 567 g/mol. The zero-order chi connectivity index (χ0) is 29.0. The van der Waals surface area contributed by atoms with Gasteiger partial charge in [-0.25, -0.2) is 0 Å². The Balaban J connectivity index is 3.60. The Morgan fingerprint density at radius 2 is 0.972 bits per heavy atom. The molecule has 0 aliphatic rings. The largest absolute Gasteiger partial charge is 0.460 e. The number of nitrogens with one attached hydrogen (secondary N) is 1. The Kier molecular flexibility index (Phi) is 7.72. The molecule has 2 nitrogen and oxygen atoms in total. The lowest BCUT2D eigenvalue weighted by Crippen LogP contribution is -2.75. The van der Waals surface area contributed by atoms with Crippen LogP contribution in [0.2, 0.25) is 0 Å². The number of anilines is 1. The van der Waals surface area contributed by atoms with Gasteiger partial charge in [0, 0.05) is 5.69 Å². The van der Waals surface area contributed by atoms with Crippen molar-refractivity contribution in [2.24, 2.45) is 0 Å². The van der Waals surface area contributed by atoms with Crippen LogP contribution in [0.1, 0.15) is 12.5 Å². The highest BCUT2D eigenvalue weighted by Gasteiger charge is 2.95. The molecule has 1 aromatic carbocycles. The third-order valence-corrected chi connectivity index (χ3v) is 4.65. The van der Waals surface area contributed by atoms with Crippen molar-refractivity contribution in [1.29, 1.82) is 0 Å². The molecule has 0 aliphatic carbocycles. The zero-order valence-corrected chi connectivity index (χ0v) is 16.9. The maximum absolute atomic E-state index is 13.9. The second-order valence-corrected chi connectivity index (χ2v) is 6.98. The van der Waals surface area contributed by atoms with Crippen LogP contribution in [0, 0.1) is 0 Å². The molecule has 0 unspecified atom stereocenters. The molecule has 1 N–H and O–H groups in total. The fraction of sp³-hybridized carbons (Fsp3) is 0.588. The van der Waals surface area contributed by atoms with E-state index in [9.17, 15) is 79.4 Å². The molecule has 0 heterocycles. The molecule has 0 aliphatic heterocycles. The predicted octanol–water partition coefficient (Wildman–Crippen LogP) is 7.20. The van der Waals surface area contributed by atoms with E-state index in [1.54, 1.807) is 0 Å².